The molecule has 3 aromatic rings. The van der Waals surface area contributed by atoms with Crippen LogP contribution in [0.15, 0.2) is 77.7 Å². The molecule has 0 saturated heterocycles. The van der Waals surface area contributed by atoms with Crippen LogP contribution in [0.2, 0.25) is 0 Å². The lowest BCUT2D eigenvalue weighted by molar-refractivity contribution is -0.116. The number of benzene rings is 3. The van der Waals surface area contributed by atoms with Crippen LogP contribution in [0.3, 0.4) is 0 Å². The molecule has 174 valence electrons. The second kappa shape index (κ2) is 10.7. The van der Waals surface area contributed by atoms with Crippen molar-refractivity contribution in [3.63, 3.8) is 0 Å². The van der Waals surface area contributed by atoms with Gasteiger partial charge in [-0.15, -0.1) is 0 Å². The Hall–Kier alpha value is -4.00. The van der Waals surface area contributed by atoms with Gasteiger partial charge in [-0.1, -0.05) is 42.0 Å². The van der Waals surface area contributed by atoms with Gasteiger partial charge in [0.2, 0.25) is 15.9 Å². The fourth-order valence-corrected chi connectivity index (χ4v) is 4.33. The Morgan fingerprint density at radius 1 is 0.971 bits per heavy atom. The molecule has 0 unspecified atom stereocenters. The molecule has 0 aliphatic carbocycles. The number of sulfonamides is 1. The van der Waals surface area contributed by atoms with Gasteiger partial charge in [-0.25, -0.2) is 13.1 Å². The minimum Gasteiger partial charge on any atom is -0.332 e. The molecule has 0 aliphatic heterocycles. The second-order valence-electron chi connectivity index (χ2n) is 7.70. The minimum atomic E-state index is -3.88. The SMILES string of the molecule is Cc1ccc(NC(=O)CN(C)C(=O)c2ccc(CNS(=O)(=O)c3ccccc3C#N)cc2)cc1. The molecular formula is C25H24N4O4S. The second-order valence-corrected chi connectivity index (χ2v) is 9.44. The van der Waals surface area contributed by atoms with Gasteiger partial charge < -0.3 is 10.2 Å². The third kappa shape index (κ3) is 6.28. The highest BCUT2D eigenvalue weighted by atomic mass is 32.2. The first-order valence-corrected chi connectivity index (χ1v) is 11.9. The monoisotopic (exact) mass is 476 g/mol. The third-order valence-electron chi connectivity index (χ3n) is 5.03. The van der Waals surface area contributed by atoms with Crippen molar-refractivity contribution >= 4 is 27.5 Å². The first-order chi connectivity index (χ1) is 16.2. The molecule has 0 saturated carbocycles. The molecule has 9 heteroatoms. The average Bonchev–Trinajstić information content (AvgIpc) is 2.84. The summed E-state index contributed by atoms with van der Waals surface area (Å²) in [7, 11) is -2.34. The lowest BCUT2D eigenvalue weighted by Crippen LogP contribution is -2.34. The predicted octanol–water partition coefficient (Wildman–Crippen LogP) is 3.06. The van der Waals surface area contributed by atoms with Crippen LogP contribution in [0.4, 0.5) is 5.69 Å². The Balaban J connectivity index is 1.58. The zero-order valence-electron chi connectivity index (χ0n) is 18.8. The van der Waals surface area contributed by atoms with Gasteiger partial charge in [0.1, 0.15) is 6.07 Å². The van der Waals surface area contributed by atoms with Crippen LogP contribution in [0.1, 0.15) is 27.0 Å². The van der Waals surface area contributed by atoms with Crippen molar-refractivity contribution in [2.24, 2.45) is 0 Å². The molecule has 0 aliphatic rings. The molecule has 3 aromatic carbocycles. The van der Waals surface area contributed by atoms with Gasteiger partial charge in [0.25, 0.3) is 5.91 Å². The summed E-state index contributed by atoms with van der Waals surface area (Å²) in [4.78, 5) is 26.1. The first kappa shape index (κ1) is 24.6. The van der Waals surface area contributed by atoms with E-state index in [-0.39, 0.29) is 35.4 Å². The number of likely N-dealkylation sites (N-methyl/N-ethyl adjacent to an activating group) is 1. The van der Waals surface area contributed by atoms with Gasteiger partial charge >= 0.3 is 0 Å². The molecule has 0 heterocycles. The maximum Gasteiger partial charge on any atom is 0.254 e. The van der Waals surface area contributed by atoms with Gasteiger partial charge in [0.05, 0.1) is 17.0 Å². The molecule has 0 bridgehead atoms. The molecular weight excluding hydrogens is 452 g/mol. The zero-order chi connectivity index (χ0) is 24.7. The number of hydrogen-bond acceptors (Lipinski definition) is 5. The number of amides is 2. The van der Waals surface area contributed by atoms with Crippen molar-refractivity contribution in [2.75, 3.05) is 18.9 Å². The van der Waals surface area contributed by atoms with Gasteiger partial charge in [0.15, 0.2) is 0 Å². The Morgan fingerprint density at radius 3 is 2.26 bits per heavy atom. The Morgan fingerprint density at radius 2 is 1.62 bits per heavy atom. The smallest absolute Gasteiger partial charge is 0.254 e. The number of aryl methyl sites for hydroxylation is 1. The molecule has 0 aromatic heterocycles. The van der Waals surface area contributed by atoms with E-state index in [1.165, 1.54) is 24.1 Å². The largest absolute Gasteiger partial charge is 0.332 e. The Bertz CT molecular complexity index is 1330. The van der Waals surface area contributed by atoms with E-state index in [1.54, 1.807) is 48.5 Å². The highest BCUT2D eigenvalue weighted by molar-refractivity contribution is 7.89. The van der Waals surface area contributed by atoms with E-state index in [1.807, 2.05) is 25.1 Å². The lowest BCUT2D eigenvalue weighted by atomic mass is 10.1. The fraction of sp³-hybridized carbons (Fsp3) is 0.160. The molecule has 34 heavy (non-hydrogen) atoms. The summed E-state index contributed by atoms with van der Waals surface area (Å²) in [5.41, 5.74) is 2.79. The molecule has 0 radical (unpaired) electrons. The molecule has 0 fully saturated rings. The quantitative estimate of drug-likeness (QED) is 0.518. The normalized spacial score (nSPS) is 10.9. The molecule has 0 spiro atoms. The van der Waals surface area contributed by atoms with E-state index in [0.717, 1.165) is 5.56 Å². The van der Waals surface area contributed by atoms with Crippen LogP contribution >= 0.6 is 0 Å². The maximum absolute atomic E-state index is 12.7. The summed E-state index contributed by atoms with van der Waals surface area (Å²) in [5, 5.41) is 11.9. The zero-order valence-corrected chi connectivity index (χ0v) is 19.6. The van der Waals surface area contributed by atoms with Gasteiger partial charge in [-0.3, -0.25) is 9.59 Å². The molecule has 2 amide bonds. The van der Waals surface area contributed by atoms with Crippen LogP contribution in [-0.4, -0.2) is 38.7 Å². The van der Waals surface area contributed by atoms with E-state index < -0.39 is 10.0 Å². The van der Waals surface area contributed by atoms with E-state index in [0.29, 0.717) is 16.8 Å². The fourth-order valence-electron chi connectivity index (χ4n) is 3.16. The summed E-state index contributed by atoms with van der Waals surface area (Å²) in [6, 6.07) is 21.6. The van der Waals surface area contributed by atoms with Crippen LogP contribution in [0.5, 0.6) is 0 Å². The molecule has 8 nitrogen and oxygen atoms in total. The summed E-state index contributed by atoms with van der Waals surface area (Å²) < 4.78 is 27.5. The number of rotatable bonds is 8. The van der Waals surface area contributed by atoms with Crippen molar-refractivity contribution in [2.45, 2.75) is 18.4 Å². The van der Waals surface area contributed by atoms with E-state index >= 15 is 0 Å². The van der Waals surface area contributed by atoms with Crippen LogP contribution in [-0.2, 0) is 21.4 Å². The van der Waals surface area contributed by atoms with Crippen molar-refractivity contribution in [1.82, 2.24) is 9.62 Å². The van der Waals surface area contributed by atoms with Crippen molar-refractivity contribution in [3.8, 4) is 6.07 Å². The number of nitrogens with zero attached hydrogens (tertiary/aromatic N) is 2. The Labute approximate surface area is 198 Å². The molecule has 3 rings (SSSR count). The highest BCUT2D eigenvalue weighted by Crippen LogP contribution is 2.15. The van der Waals surface area contributed by atoms with Crippen LogP contribution < -0.4 is 10.0 Å². The van der Waals surface area contributed by atoms with Crippen molar-refractivity contribution in [3.05, 3.63) is 95.1 Å². The van der Waals surface area contributed by atoms with Crippen molar-refractivity contribution in [1.29, 1.82) is 5.26 Å². The van der Waals surface area contributed by atoms with Gasteiger partial charge in [-0.05, 0) is 48.9 Å². The van der Waals surface area contributed by atoms with Gasteiger partial charge in [0, 0.05) is 24.8 Å². The lowest BCUT2D eigenvalue weighted by Gasteiger charge is -2.17. The maximum atomic E-state index is 12.7. The number of carbonyl (C=O) groups excluding carboxylic acids is 2. The number of anilines is 1. The summed E-state index contributed by atoms with van der Waals surface area (Å²) in [6.07, 6.45) is 0. The number of hydrogen-bond donors (Lipinski definition) is 2. The van der Waals surface area contributed by atoms with Crippen LogP contribution in [0, 0.1) is 18.3 Å². The van der Waals surface area contributed by atoms with E-state index in [4.69, 9.17) is 5.26 Å². The number of nitriles is 1. The summed E-state index contributed by atoms with van der Waals surface area (Å²) >= 11 is 0. The third-order valence-corrected chi connectivity index (χ3v) is 6.49. The molecule has 2 N–H and O–H groups in total. The topological polar surface area (TPSA) is 119 Å². The predicted molar refractivity (Wildman–Crippen MR) is 128 cm³/mol. The Kier molecular flexibility index (Phi) is 7.79. The average molecular weight is 477 g/mol. The standard InChI is InChI=1S/C25H24N4O4S/c1-18-7-13-22(14-8-18)28-24(30)17-29(2)25(31)20-11-9-19(10-12-20)16-27-34(32,33)23-6-4-3-5-21(23)15-26/h3-14,27H,16-17H2,1-2H3,(H,28,30). The van der Waals surface area contributed by atoms with E-state index in [9.17, 15) is 18.0 Å². The summed E-state index contributed by atoms with van der Waals surface area (Å²) in [5.74, 6) is -0.655. The summed E-state index contributed by atoms with van der Waals surface area (Å²) in [6.45, 7) is 1.82. The minimum absolute atomic E-state index is 0.00857. The molecule has 0 atom stereocenters. The number of carbonyl (C=O) groups is 2. The van der Waals surface area contributed by atoms with Gasteiger partial charge in [-0.2, -0.15) is 5.26 Å². The highest BCUT2D eigenvalue weighted by Gasteiger charge is 2.18. The van der Waals surface area contributed by atoms with Crippen molar-refractivity contribution < 1.29 is 18.0 Å². The number of nitrogens with one attached hydrogen (secondary N) is 2. The van der Waals surface area contributed by atoms with Crippen LogP contribution in [0.25, 0.3) is 0 Å². The first-order valence-electron chi connectivity index (χ1n) is 10.4. The van der Waals surface area contributed by atoms with E-state index in [2.05, 4.69) is 10.0 Å².